The number of rotatable bonds is 8. The van der Waals surface area contributed by atoms with Crippen molar-refractivity contribution in [2.75, 3.05) is 72.1 Å². The molecule has 3 aromatic rings. The SMILES string of the molecule is COc1cc(OC)cc(-c2cc3cnc(SC)nc3c(NCCN3CCN(C)CC3)n2)c1. The molecule has 0 aliphatic carbocycles. The molecule has 1 aliphatic heterocycles. The highest BCUT2D eigenvalue weighted by molar-refractivity contribution is 7.98. The Balaban J connectivity index is 1.65. The first-order valence-electron chi connectivity index (χ1n) is 10.7. The van der Waals surface area contributed by atoms with Crippen molar-refractivity contribution in [3.63, 3.8) is 0 Å². The van der Waals surface area contributed by atoms with Crippen LogP contribution < -0.4 is 14.8 Å². The minimum Gasteiger partial charge on any atom is -0.497 e. The normalized spacial score (nSPS) is 15.1. The molecule has 0 atom stereocenters. The number of methoxy groups -OCH3 is 2. The van der Waals surface area contributed by atoms with Crippen molar-refractivity contribution < 1.29 is 9.47 Å². The predicted octanol–water partition coefficient (Wildman–Crippen LogP) is 3.09. The molecule has 0 unspecified atom stereocenters. The summed E-state index contributed by atoms with van der Waals surface area (Å²) in [4.78, 5) is 19.0. The van der Waals surface area contributed by atoms with Crippen LogP contribution in [0.15, 0.2) is 35.6 Å². The summed E-state index contributed by atoms with van der Waals surface area (Å²) in [5, 5.41) is 5.21. The van der Waals surface area contributed by atoms with Gasteiger partial charge in [0.15, 0.2) is 11.0 Å². The van der Waals surface area contributed by atoms with E-state index in [2.05, 4.69) is 27.1 Å². The molecule has 0 saturated carbocycles. The molecule has 1 aliphatic rings. The third-order valence-corrected chi connectivity index (χ3v) is 6.25. The van der Waals surface area contributed by atoms with E-state index in [1.54, 1.807) is 14.2 Å². The van der Waals surface area contributed by atoms with Gasteiger partial charge in [-0.15, -0.1) is 0 Å². The molecule has 9 heteroatoms. The number of nitrogens with zero attached hydrogens (tertiary/aromatic N) is 5. The summed E-state index contributed by atoms with van der Waals surface area (Å²) in [6, 6.07) is 7.79. The van der Waals surface area contributed by atoms with E-state index in [9.17, 15) is 0 Å². The first-order valence-corrected chi connectivity index (χ1v) is 11.9. The molecule has 32 heavy (non-hydrogen) atoms. The van der Waals surface area contributed by atoms with Crippen LogP contribution in [0.25, 0.3) is 22.2 Å². The molecular formula is C23H30N6O2S. The maximum absolute atomic E-state index is 5.45. The summed E-state index contributed by atoms with van der Waals surface area (Å²) >= 11 is 1.53. The molecule has 0 amide bonds. The second-order valence-corrected chi connectivity index (χ2v) is 8.60. The fraction of sp³-hybridized carbons (Fsp3) is 0.435. The summed E-state index contributed by atoms with van der Waals surface area (Å²) in [7, 11) is 5.47. The van der Waals surface area contributed by atoms with Gasteiger partial charge in [0.2, 0.25) is 0 Å². The van der Waals surface area contributed by atoms with Crippen molar-refractivity contribution in [3.8, 4) is 22.8 Å². The number of fused-ring (bicyclic) bond motifs is 1. The van der Waals surface area contributed by atoms with Gasteiger partial charge in [-0.3, -0.25) is 4.90 Å². The average Bonchev–Trinajstić information content (AvgIpc) is 2.84. The second kappa shape index (κ2) is 10.3. The third kappa shape index (κ3) is 5.23. The standard InChI is InChI=1S/C23H30N6O2S/c1-28-7-9-29(10-8-28)6-5-24-22-21-17(15-25-23(27-21)32-4)13-20(26-22)16-11-18(30-2)14-19(12-16)31-3/h11-15H,5-10H2,1-4H3,(H,24,26). The first kappa shape index (κ1) is 22.6. The van der Waals surface area contributed by atoms with E-state index in [-0.39, 0.29) is 0 Å². The summed E-state index contributed by atoms with van der Waals surface area (Å²) in [5.74, 6) is 2.21. The van der Waals surface area contributed by atoms with Gasteiger partial charge >= 0.3 is 0 Å². The summed E-state index contributed by atoms with van der Waals surface area (Å²) < 4.78 is 10.9. The highest BCUT2D eigenvalue weighted by atomic mass is 32.2. The van der Waals surface area contributed by atoms with E-state index in [4.69, 9.17) is 19.4 Å². The maximum atomic E-state index is 5.45. The highest BCUT2D eigenvalue weighted by Crippen LogP contribution is 2.32. The number of aromatic nitrogens is 3. The Morgan fingerprint density at radius 2 is 1.72 bits per heavy atom. The van der Waals surface area contributed by atoms with Gasteiger partial charge in [0, 0.05) is 62.5 Å². The lowest BCUT2D eigenvalue weighted by molar-refractivity contribution is 0.158. The van der Waals surface area contributed by atoms with Crippen molar-refractivity contribution in [2.24, 2.45) is 0 Å². The lowest BCUT2D eigenvalue weighted by Crippen LogP contribution is -2.45. The molecule has 0 radical (unpaired) electrons. The quantitative estimate of drug-likeness (QED) is 0.408. The topological polar surface area (TPSA) is 75.6 Å². The third-order valence-electron chi connectivity index (χ3n) is 5.69. The molecule has 1 aromatic carbocycles. The van der Waals surface area contributed by atoms with Crippen LogP contribution in [0, 0.1) is 0 Å². The minimum absolute atomic E-state index is 0.722. The van der Waals surface area contributed by atoms with Crippen molar-refractivity contribution in [3.05, 3.63) is 30.5 Å². The molecule has 170 valence electrons. The van der Waals surface area contributed by atoms with Gasteiger partial charge in [-0.1, -0.05) is 11.8 Å². The van der Waals surface area contributed by atoms with Crippen LogP contribution in [-0.2, 0) is 0 Å². The summed E-state index contributed by atoms with van der Waals surface area (Å²) in [6.07, 6.45) is 3.84. The van der Waals surface area contributed by atoms with Crippen molar-refractivity contribution >= 4 is 28.5 Å². The van der Waals surface area contributed by atoms with Crippen LogP contribution in [0.1, 0.15) is 0 Å². The van der Waals surface area contributed by atoms with Gasteiger partial charge in [-0.05, 0) is 31.5 Å². The number of hydrogen-bond acceptors (Lipinski definition) is 9. The Morgan fingerprint density at radius 1 is 1.00 bits per heavy atom. The molecule has 1 N–H and O–H groups in total. The second-order valence-electron chi connectivity index (χ2n) is 7.82. The van der Waals surface area contributed by atoms with E-state index in [1.165, 1.54) is 11.8 Å². The lowest BCUT2D eigenvalue weighted by Gasteiger charge is -2.32. The zero-order valence-corrected chi connectivity index (χ0v) is 19.9. The lowest BCUT2D eigenvalue weighted by atomic mass is 10.1. The van der Waals surface area contributed by atoms with Crippen LogP contribution in [0.4, 0.5) is 5.82 Å². The maximum Gasteiger partial charge on any atom is 0.187 e. The zero-order valence-electron chi connectivity index (χ0n) is 19.1. The Bertz CT molecular complexity index is 1050. The first-order chi connectivity index (χ1) is 15.6. The van der Waals surface area contributed by atoms with E-state index >= 15 is 0 Å². The fourth-order valence-electron chi connectivity index (χ4n) is 3.75. The van der Waals surface area contributed by atoms with Crippen LogP contribution >= 0.6 is 11.8 Å². The monoisotopic (exact) mass is 454 g/mol. The van der Waals surface area contributed by atoms with Gasteiger partial charge in [0.25, 0.3) is 0 Å². The zero-order chi connectivity index (χ0) is 22.5. The van der Waals surface area contributed by atoms with Crippen molar-refractivity contribution in [1.82, 2.24) is 24.8 Å². The number of nitrogens with one attached hydrogen (secondary N) is 1. The number of anilines is 1. The number of piperazine rings is 1. The summed E-state index contributed by atoms with van der Waals surface area (Å²) in [6.45, 7) is 6.17. The van der Waals surface area contributed by atoms with E-state index < -0.39 is 0 Å². The number of pyridine rings is 1. The molecule has 1 fully saturated rings. The average molecular weight is 455 g/mol. The van der Waals surface area contributed by atoms with Crippen molar-refractivity contribution in [1.29, 1.82) is 0 Å². The van der Waals surface area contributed by atoms with E-state index in [0.29, 0.717) is 0 Å². The molecule has 4 rings (SSSR count). The molecular weight excluding hydrogens is 424 g/mol. The number of hydrogen-bond donors (Lipinski definition) is 1. The Morgan fingerprint density at radius 3 is 2.38 bits per heavy atom. The predicted molar refractivity (Wildman–Crippen MR) is 130 cm³/mol. The molecule has 1 saturated heterocycles. The summed E-state index contributed by atoms with van der Waals surface area (Å²) in [5.41, 5.74) is 2.57. The number of benzene rings is 1. The Hall–Kier alpha value is -2.62. The molecule has 3 heterocycles. The molecule has 2 aromatic heterocycles. The van der Waals surface area contributed by atoms with Crippen LogP contribution in [-0.4, -0.2) is 91.5 Å². The number of thioether (sulfide) groups is 1. The molecule has 0 bridgehead atoms. The Kier molecular flexibility index (Phi) is 7.29. The van der Waals surface area contributed by atoms with Crippen LogP contribution in [0.2, 0.25) is 0 Å². The van der Waals surface area contributed by atoms with Gasteiger partial charge in [-0.2, -0.15) is 0 Å². The molecule has 8 nitrogen and oxygen atoms in total. The van der Waals surface area contributed by atoms with Gasteiger partial charge in [0.1, 0.15) is 17.0 Å². The Labute approximate surface area is 193 Å². The number of ether oxygens (including phenoxy) is 2. The largest absolute Gasteiger partial charge is 0.497 e. The van der Waals surface area contributed by atoms with Gasteiger partial charge in [-0.25, -0.2) is 15.0 Å². The molecule has 0 spiro atoms. The van der Waals surface area contributed by atoms with E-state index in [1.807, 2.05) is 36.7 Å². The van der Waals surface area contributed by atoms with Crippen molar-refractivity contribution in [2.45, 2.75) is 5.16 Å². The minimum atomic E-state index is 0.722. The van der Waals surface area contributed by atoms with Gasteiger partial charge in [0.05, 0.1) is 19.9 Å². The highest BCUT2D eigenvalue weighted by Gasteiger charge is 2.15. The fourth-order valence-corrected chi connectivity index (χ4v) is 4.09. The van der Waals surface area contributed by atoms with E-state index in [0.717, 1.165) is 83.9 Å². The van der Waals surface area contributed by atoms with Gasteiger partial charge < -0.3 is 19.7 Å². The van der Waals surface area contributed by atoms with Crippen LogP contribution in [0.3, 0.4) is 0 Å². The van der Waals surface area contributed by atoms with Crippen LogP contribution in [0.5, 0.6) is 11.5 Å². The smallest absolute Gasteiger partial charge is 0.187 e. The number of likely N-dealkylation sites (N-methyl/N-ethyl adjacent to an activating group) is 1.